The van der Waals surface area contributed by atoms with Gasteiger partial charge in [0.2, 0.25) is 0 Å². The van der Waals surface area contributed by atoms with Crippen LogP contribution in [0.25, 0.3) is 0 Å². The summed E-state index contributed by atoms with van der Waals surface area (Å²) < 4.78 is 5.45. The highest BCUT2D eigenvalue weighted by molar-refractivity contribution is 5.94. The predicted octanol–water partition coefficient (Wildman–Crippen LogP) is 3.65. The monoisotopic (exact) mass is 350 g/mol. The van der Waals surface area contributed by atoms with Gasteiger partial charge in [-0.05, 0) is 42.7 Å². The van der Waals surface area contributed by atoms with Crippen molar-refractivity contribution in [2.24, 2.45) is 0 Å². The standard InChI is InChI=1S/C22H26N2O2/c1-2-16-26-21-10-8-19(9-11-21)22(25)23-20-12-14-24(15-13-20)17-18-6-4-3-5-7-18/h2-11,20H,1,12-17H2,(H,23,25). The molecule has 0 spiro atoms. The van der Waals surface area contributed by atoms with E-state index in [-0.39, 0.29) is 11.9 Å². The SMILES string of the molecule is C=CCOc1ccc(C(=O)NC2CCN(Cc3ccccc3)CC2)cc1. The number of nitrogens with one attached hydrogen (secondary N) is 1. The van der Waals surface area contributed by atoms with Gasteiger partial charge in [0.25, 0.3) is 5.91 Å². The number of nitrogens with zero attached hydrogens (tertiary/aromatic N) is 1. The first-order chi connectivity index (χ1) is 12.7. The minimum absolute atomic E-state index is 0.0122. The second-order valence-electron chi connectivity index (χ2n) is 6.63. The average molecular weight is 350 g/mol. The van der Waals surface area contributed by atoms with Crippen LogP contribution in [0, 0.1) is 0 Å². The summed E-state index contributed by atoms with van der Waals surface area (Å²) in [5, 5.41) is 3.16. The topological polar surface area (TPSA) is 41.6 Å². The van der Waals surface area contributed by atoms with Crippen molar-refractivity contribution in [1.29, 1.82) is 0 Å². The van der Waals surface area contributed by atoms with E-state index in [1.165, 1.54) is 5.56 Å². The lowest BCUT2D eigenvalue weighted by molar-refractivity contribution is 0.0909. The highest BCUT2D eigenvalue weighted by atomic mass is 16.5. The van der Waals surface area contributed by atoms with Crippen molar-refractivity contribution in [3.63, 3.8) is 0 Å². The summed E-state index contributed by atoms with van der Waals surface area (Å²) in [5.74, 6) is 0.734. The van der Waals surface area contributed by atoms with Crippen LogP contribution >= 0.6 is 0 Å². The molecule has 1 aliphatic heterocycles. The van der Waals surface area contributed by atoms with Gasteiger partial charge in [0, 0.05) is 31.2 Å². The maximum absolute atomic E-state index is 12.4. The van der Waals surface area contributed by atoms with E-state index in [0.717, 1.165) is 38.2 Å². The summed E-state index contributed by atoms with van der Waals surface area (Å²) in [6, 6.07) is 18.0. The van der Waals surface area contributed by atoms with Crippen LogP contribution in [0.1, 0.15) is 28.8 Å². The molecule has 26 heavy (non-hydrogen) atoms. The van der Waals surface area contributed by atoms with Crippen LogP contribution < -0.4 is 10.1 Å². The normalized spacial score (nSPS) is 15.4. The molecule has 4 heteroatoms. The largest absolute Gasteiger partial charge is 0.490 e. The van der Waals surface area contributed by atoms with Crippen LogP contribution in [0.15, 0.2) is 67.3 Å². The number of benzene rings is 2. The van der Waals surface area contributed by atoms with Crippen molar-refractivity contribution < 1.29 is 9.53 Å². The van der Waals surface area contributed by atoms with E-state index in [9.17, 15) is 4.79 Å². The Morgan fingerprint density at radius 2 is 1.81 bits per heavy atom. The van der Waals surface area contributed by atoms with Crippen LogP contribution in [0.2, 0.25) is 0 Å². The molecule has 0 radical (unpaired) electrons. The van der Waals surface area contributed by atoms with E-state index in [1.54, 1.807) is 18.2 Å². The van der Waals surface area contributed by atoms with Gasteiger partial charge in [-0.3, -0.25) is 9.69 Å². The number of carbonyl (C=O) groups is 1. The first kappa shape index (κ1) is 18.2. The van der Waals surface area contributed by atoms with Crippen LogP contribution in [0.4, 0.5) is 0 Å². The predicted molar refractivity (Wildman–Crippen MR) is 104 cm³/mol. The summed E-state index contributed by atoms with van der Waals surface area (Å²) in [6.45, 7) is 7.08. The fraction of sp³-hybridized carbons (Fsp3) is 0.318. The number of hydrogen-bond acceptors (Lipinski definition) is 3. The van der Waals surface area contributed by atoms with E-state index < -0.39 is 0 Å². The third kappa shape index (κ3) is 5.20. The van der Waals surface area contributed by atoms with Crippen LogP contribution in [-0.2, 0) is 6.54 Å². The average Bonchev–Trinajstić information content (AvgIpc) is 2.69. The van der Waals surface area contributed by atoms with E-state index in [4.69, 9.17) is 4.74 Å². The molecule has 3 rings (SSSR count). The number of likely N-dealkylation sites (tertiary alicyclic amines) is 1. The molecule has 1 amide bonds. The molecule has 2 aromatic rings. The van der Waals surface area contributed by atoms with Gasteiger partial charge in [-0.2, -0.15) is 0 Å². The minimum Gasteiger partial charge on any atom is -0.490 e. The summed E-state index contributed by atoms with van der Waals surface area (Å²) in [5.41, 5.74) is 2.01. The van der Waals surface area contributed by atoms with E-state index in [2.05, 4.69) is 41.1 Å². The smallest absolute Gasteiger partial charge is 0.251 e. The van der Waals surface area contributed by atoms with Crippen molar-refractivity contribution in [3.8, 4) is 5.75 Å². The third-order valence-corrected chi connectivity index (χ3v) is 4.66. The number of hydrogen-bond donors (Lipinski definition) is 1. The Bertz CT molecular complexity index is 705. The maximum Gasteiger partial charge on any atom is 0.251 e. The fourth-order valence-corrected chi connectivity index (χ4v) is 3.20. The molecule has 0 bridgehead atoms. The van der Waals surface area contributed by atoms with Crippen molar-refractivity contribution in [2.45, 2.75) is 25.4 Å². The zero-order chi connectivity index (χ0) is 18.2. The van der Waals surface area contributed by atoms with Gasteiger partial charge in [0.05, 0.1) is 0 Å². The highest BCUT2D eigenvalue weighted by Crippen LogP contribution is 2.16. The maximum atomic E-state index is 12.4. The Hall–Kier alpha value is -2.59. The van der Waals surface area contributed by atoms with Gasteiger partial charge in [-0.1, -0.05) is 43.0 Å². The number of amides is 1. The molecule has 0 unspecified atom stereocenters. The molecule has 2 aromatic carbocycles. The third-order valence-electron chi connectivity index (χ3n) is 4.66. The number of ether oxygens (including phenoxy) is 1. The second kappa shape index (κ2) is 9.20. The van der Waals surface area contributed by atoms with Crippen molar-refractivity contribution in [2.75, 3.05) is 19.7 Å². The molecule has 1 N–H and O–H groups in total. The zero-order valence-electron chi connectivity index (χ0n) is 15.1. The van der Waals surface area contributed by atoms with Crippen molar-refractivity contribution in [3.05, 3.63) is 78.4 Å². The van der Waals surface area contributed by atoms with E-state index >= 15 is 0 Å². The summed E-state index contributed by atoms with van der Waals surface area (Å²) in [7, 11) is 0. The van der Waals surface area contributed by atoms with Gasteiger partial charge in [0.1, 0.15) is 12.4 Å². The van der Waals surface area contributed by atoms with E-state index in [1.807, 2.05) is 18.2 Å². The van der Waals surface area contributed by atoms with Gasteiger partial charge in [-0.15, -0.1) is 0 Å². The molecular weight excluding hydrogens is 324 g/mol. The van der Waals surface area contributed by atoms with Gasteiger partial charge in [-0.25, -0.2) is 0 Å². The second-order valence-corrected chi connectivity index (χ2v) is 6.63. The van der Waals surface area contributed by atoms with Crippen LogP contribution in [0.3, 0.4) is 0 Å². The van der Waals surface area contributed by atoms with Crippen LogP contribution in [-0.4, -0.2) is 36.5 Å². The summed E-state index contributed by atoms with van der Waals surface area (Å²) in [6.07, 6.45) is 3.67. The molecule has 1 aliphatic rings. The molecule has 0 aromatic heterocycles. The highest BCUT2D eigenvalue weighted by Gasteiger charge is 2.21. The van der Waals surface area contributed by atoms with Crippen molar-refractivity contribution >= 4 is 5.91 Å². The Balaban J connectivity index is 1.45. The van der Waals surface area contributed by atoms with Gasteiger partial charge >= 0.3 is 0 Å². The number of carbonyl (C=O) groups excluding carboxylic acids is 1. The summed E-state index contributed by atoms with van der Waals surface area (Å²) >= 11 is 0. The first-order valence-corrected chi connectivity index (χ1v) is 9.15. The van der Waals surface area contributed by atoms with E-state index in [0.29, 0.717) is 12.2 Å². The Kier molecular flexibility index (Phi) is 6.45. The quantitative estimate of drug-likeness (QED) is 0.775. The molecular formula is C22H26N2O2. The molecule has 1 heterocycles. The molecule has 1 fully saturated rings. The first-order valence-electron chi connectivity index (χ1n) is 9.15. The van der Waals surface area contributed by atoms with Crippen LogP contribution in [0.5, 0.6) is 5.75 Å². The fourth-order valence-electron chi connectivity index (χ4n) is 3.20. The zero-order valence-corrected chi connectivity index (χ0v) is 15.1. The molecule has 0 aliphatic carbocycles. The molecule has 0 atom stereocenters. The molecule has 0 saturated carbocycles. The molecule has 1 saturated heterocycles. The van der Waals surface area contributed by atoms with Gasteiger partial charge in [0.15, 0.2) is 0 Å². The number of piperidine rings is 1. The Labute approximate surface area is 155 Å². The number of rotatable bonds is 7. The lowest BCUT2D eigenvalue weighted by atomic mass is 10.0. The molecule has 4 nitrogen and oxygen atoms in total. The lowest BCUT2D eigenvalue weighted by Gasteiger charge is -2.32. The Morgan fingerprint density at radius 1 is 1.12 bits per heavy atom. The summed E-state index contributed by atoms with van der Waals surface area (Å²) in [4.78, 5) is 14.9. The van der Waals surface area contributed by atoms with Crippen molar-refractivity contribution in [1.82, 2.24) is 10.2 Å². The Morgan fingerprint density at radius 3 is 2.46 bits per heavy atom. The molecule has 136 valence electrons. The minimum atomic E-state index is -0.0122. The lowest BCUT2D eigenvalue weighted by Crippen LogP contribution is -2.44. The van der Waals surface area contributed by atoms with Gasteiger partial charge < -0.3 is 10.1 Å².